The molecule has 1 aromatic carbocycles. The van der Waals surface area contributed by atoms with Crippen LogP contribution in [0.15, 0.2) is 25.0 Å². The van der Waals surface area contributed by atoms with Crippen LogP contribution in [-0.4, -0.2) is 15.4 Å². The molecular formula is C19H23FN6. The predicted molar refractivity (Wildman–Crippen MR) is 102 cm³/mol. The molecule has 0 atom stereocenters. The highest BCUT2D eigenvalue weighted by Gasteiger charge is 2.48. The normalized spacial score (nSPS) is 14.6. The van der Waals surface area contributed by atoms with Gasteiger partial charge in [-0.05, 0) is 44.7 Å². The molecule has 0 unspecified atom stereocenters. The zero-order chi connectivity index (χ0) is 19.1. The van der Waals surface area contributed by atoms with Crippen LogP contribution in [0.25, 0.3) is 5.57 Å². The first-order valence-electron chi connectivity index (χ1n) is 8.60. The summed E-state index contributed by atoms with van der Waals surface area (Å²) in [6, 6.07) is 1.73. The Morgan fingerprint density at radius 2 is 2.27 bits per heavy atom. The first-order chi connectivity index (χ1) is 12.4. The number of nitrogens with zero attached hydrogens (tertiary/aromatic N) is 4. The van der Waals surface area contributed by atoms with E-state index in [0.29, 0.717) is 22.4 Å². The summed E-state index contributed by atoms with van der Waals surface area (Å²) in [6.45, 7) is 9.57. The van der Waals surface area contributed by atoms with Gasteiger partial charge < -0.3 is 5.73 Å². The summed E-state index contributed by atoms with van der Waals surface area (Å²) >= 11 is 0. The first kappa shape index (κ1) is 17.8. The second-order valence-corrected chi connectivity index (χ2v) is 6.81. The fourth-order valence-electron chi connectivity index (χ4n) is 3.41. The molecule has 0 aliphatic heterocycles. The molecule has 1 heterocycles. The molecule has 0 spiro atoms. The van der Waals surface area contributed by atoms with Crippen molar-refractivity contribution in [3.8, 4) is 6.19 Å². The van der Waals surface area contributed by atoms with Gasteiger partial charge >= 0.3 is 0 Å². The summed E-state index contributed by atoms with van der Waals surface area (Å²) in [5, 5.41) is 14.0. The maximum Gasteiger partial charge on any atom is 0.184 e. The van der Waals surface area contributed by atoms with Gasteiger partial charge in [0, 0.05) is 17.3 Å². The molecule has 3 rings (SSSR count). The number of anilines is 3. The molecule has 0 bridgehead atoms. The Morgan fingerprint density at radius 1 is 1.58 bits per heavy atom. The highest BCUT2D eigenvalue weighted by Crippen LogP contribution is 2.51. The van der Waals surface area contributed by atoms with Gasteiger partial charge in [0.05, 0.1) is 28.8 Å². The summed E-state index contributed by atoms with van der Waals surface area (Å²) in [7, 11) is 0. The van der Waals surface area contributed by atoms with Crippen LogP contribution in [0, 0.1) is 24.2 Å². The number of nitrogens with one attached hydrogen (secondary N) is 1. The number of allylic oxidation sites excluding steroid dienone is 1. The van der Waals surface area contributed by atoms with Crippen molar-refractivity contribution in [3.63, 3.8) is 0 Å². The summed E-state index contributed by atoms with van der Waals surface area (Å²) in [5.41, 5.74) is 11.4. The third-order valence-electron chi connectivity index (χ3n) is 5.13. The van der Waals surface area contributed by atoms with Crippen LogP contribution in [0.1, 0.15) is 44.2 Å². The molecule has 1 aliphatic rings. The van der Waals surface area contributed by atoms with E-state index in [1.807, 2.05) is 0 Å². The highest BCUT2D eigenvalue weighted by atomic mass is 19.1. The van der Waals surface area contributed by atoms with E-state index in [1.54, 1.807) is 37.2 Å². The van der Waals surface area contributed by atoms with E-state index >= 15 is 4.39 Å². The van der Waals surface area contributed by atoms with Crippen molar-refractivity contribution in [1.29, 1.82) is 5.26 Å². The van der Waals surface area contributed by atoms with Gasteiger partial charge in [0.15, 0.2) is 12.0 Å². The molecule has 3 N–H and O–H groups in total. The second-order valence-electron chi connectivity index (χ2n) is 6.81. The number of benzene rings is 1. The SMILES string of the molecule is C=C(C)c1c(N)c(F)c(Nn2cccn2)c(C)c1N(C#N)C1(CC)CC1. The third kappa shape index (κ3) is 2.68. The van der Waals surface area contributed by atoms with Crippen LogP contribution >= 0.6 is 0 Å². The Bertz CT molecular complexity index is 890. The molecule has 0 saturated heterocycles. The molecule has 6 nitrogen and oxygen atoms in total. The molecule has 26 heavy (non-hydrogen) atoms. The molecule has 0 radical (unpaired) electrons. The maximum atomic E-state index is 15.0. The molecule has 0 amide bonds. The van der Waals surface area contributed by atoms with Gasteiger partial charge in [-0.3, -0.25) is 10.3 Å². The van der Waals surface area contributed by atoms with Gasteiger partial charge in [0.1, 0.15) is 0 Å². The Balaban J connectivity index is 2.25. The average Bonchev–Trinajstić information content (AvgIpc) is 3.23. The molecule has 1 saturated carbocycles. The van der Waals surface area contributed by atoms with Crippen molar-refractivity contribution in [1.82, 2.24) is 9.89 Å². The maximum absolute atomic E-state index is 15.0. The van der Waals surface area contributed by atoms with E-state index in [9.17, 15) is 5.26 Å². The molecular weight excluding hydrogens is 331 g/mol. The van der Waals surface area contributed by atoms with Crippen LogP contribution in [0.3, 0.4) is 0 Å². The zero-order valence-electron chi connectivity index (χ0n) is 15.3. The lowest BCUT2D eigenvalue weighted by atomic mass is 9.95. The summed E-state index contributed by atoms with van der Waals surface area (Å²) in [5.74, 6) is -0.570. The number of rotatable bonds is 6. The number of hydrogen-bond acceptors (Lipinski definition) is 5. The molecule has 1 aliphatic carbocycles. The molecule has 1 fully saturated rings. The van der Waals surface area contributed by atoms with Crippen molar-refractivity contribution < 1.29 is 4.39 Å². The monoisotopic (exact) mass is 354 g/mol. The van der Waals surface area contributed by atoms with Crippen molar-refractivity contribution in [3.05, 3.63) is 42.0 Å². The Labute approximate surface area is 152 Å². The van der Waals surface area contributed by atoms with Gasteiger partial charge in [0.2, 0.25) is 0 Å². The van der Waals surface area contributed by atoms with Crippen LogP contribution < -0.4 is 16.1 Å². The van der Waals surface area contributed by atoms with E-state index in [1.165, 1.54) is 4.79 Å². The largest absolute Gasteiger partial charge is 0.396 e. The van der Waals surface area contributed by atoms with E-state index in [0.717, 1.165) is 19.3 Å². The van der Waals surface area contributed by atoms with Crippen molar-refractivity contribution >= 4 is 22.6 Å². The summed E-state index contributed by atoms with van der Waals surface area (Å²) < 4.78 is 15.0. The number of nitriles is 1. The first-order valence-corrected chi connectivity index (χ1v) is 8.60. The van der Waals surface area contributed by atoms with Gasteiger partial charge in [-0.1, -0.05) is 13.5 Å². The molecule has 2 aromatic rings. The van der Waals surface area contributed by atoms with E-state index in [4.69, 9.17) is 5.73 Å². The quantitative estimate of drug-likeness (QED) is 0.464. The van der Waals surface area contributed by atoms with Crippen LogP contribution in [-0.2, 0) is 0 Å². The van der Waals surface area contributed by atoms with Gasteiger partial charge in [-0.2, -0.15) is 15.2 Å². The Kier molecular flexibility index (Phi) is 4.36. The number of nitrogen functional groups attached to an aromatic ring is 1. The van der Waals surface area contributed by atoms with E-state index in [2.05, 4.69) is 30.2 Å². The lowest BCUT2D eigenvalue weighted by Gasteiger charge is -2.31. The number of aromatic nitrogens is 2. The number of hydrogen-bond donors (Lipinski definition) is 2. The van der Waals surface area contributed by atoms with Crippen LogP contribution in [0.2, 0.25) is 0 Å². The predicted octanol–water partition coefficient (Wildman–Crippen LogP) is 4.05. The second kappa shape index (κ2) is 6.37. The average molecular weight is 354 g/mol. The molecule has 1 aromatic heterocycles. The fourth-order valence-corrected chi connectivity index (χ4v) is 3.41. The lowest BCUT2D eigenvalue weighted by Crippen LogP contribution is -2.34. The minimum Gasteiger partial charge on any atom is -0.396 e. The van der Waals surface area contributed by atoms with Gasteiger partial charge in [0.25, 0.3) is 0 Å². The zero-order valence-corrected chi connectivity index (χ0v) is 15.3. The van der Waals surface area contributed by atoms with E-state index in [-0.39, 0.29) is 16.9 Å². The van der Waals surface area contributed by atoms with Crippen LogP contribution in [0.5, 0.6) is 0 Å². The van der Waals surface area contributed by atoms with Gasteiger partial charge in [-0.25, -0.2) is 4.39 Å². The minimum absolute atomic E-state index is 0.0140. The molecule has 7 heteroatoms. The topological polar surface area (TPSA) is 82.9 Å². The van der Waals surface area contributed by atoms with Gasteiger partial charge in [-0.15, -0.1) is 0 Å². The lowest BCUT2D eigenvalue weighted by molar-refractivity contribution is 0.617. The third-order valence-corrected chi connectivity index (χ3v) is 5.13. The molecule has 136 valence electrons. The summed E-state index contributed by atoms with van der Waals surface area (Å²) in [6.07, 6.45) is 8.23. The van der Waals surface area contributed by atoms with E-state index < -0.39 is 5.82 Å². The summed E-state index contributed by atoms with van der Waals surface area (Å²) in [4.78, 5) is 3.09. The standard InChI is InChI=1S/C19H23FN6/c1-5-19(7-8-19)25(11-21)18-13(4)17(24-26-10-6-9-23-26)15(20)16(22)14(18)12(2)3/h6,9-10,24H,2,5,7-8,22H2,1,3-4H3. The smallest absolute Gasteiger partial charge is 0.184 e. The van der Waals surface area contributed by atoms with Crippen LogP contribution in [0.4, 0.5) is 21.5 Å². The minimum atomic E-state index is -0.570. The fraction of sp³-hybridized carbons (Fsp3) is 0.368. The van der Waals surface area contributed by atoms with Crippen molar-refractivity contribution in [2.24, 2.45) is 0 Å². The van der Waals surface area contributed by atoms with Crippen molar-refractivity contribution in [2.45, 2.75) is 45.6 Å². The Hall–Kier alpha value is -3.01. The Morgan fingerprint density at radius 3 is 2.73 bits per heavy atom. The number of nitrogens with two attached hydrogens (primary N) is 1. The highest BCUT2D eigenvalue weighted by molar-refractivity contribution is 5.91. The van der Waals surface area contributed by atoms with Crippen molar-refractivity contribution in [2.75, 3.05) is 16.1 Å². The number of halogens is 1.